The predicted molar refractivity (Wildman–Crippen MR) is 104 cm³/mol. The lowest BCUT2D eigenvalue weighted by atomic mass is 9.91. The molecule has 1 aromatic carbocycles. The number of aryl methyl sites for hydroxylation is 4. The highest BCUT2D eigenvalue weighted by Gasteiger charge is 2.33. The van der Waals surface area contributed by atoms with Crippen LogP contribution in [0.3, 0.4) is 0 Å². The normalized spacial score (nSPS) is 16.9. The van der Waals surface area contributed by atoms with E-state index >= 15 is 0 Å². The third kappa shape index (κ3) is 3.86. The smallest absolute Gasteiger partial charge is 0.246 e. The summed E-state index contributed by atoms with van der Waals surface area (Å²) >= 11 is 0. The van der Waals surface area contributed by atoms with Crippen molar-refractivity contribution in [2.75, 3.05) is 13.1 Å². The van der Waals surface area contributed by atoms with Gasteiger partial charge in [-0.1, -0.05) is 29.8 Å². The van der Waals surface area contributed by atoms with Gasteiger partial charge in [-0.25, -0.2) is 8.42 Å². The van der Waals surface area contributed by atoms with Crippen LogP contribution in [0.2, 0.25) is 0 Å². The van der Waals surface area contributed by atoms with Crippen LogP contribution < -0.4 is 0 Å². The molecule has 0 spiro atoms. The Labute approximate surface area is 157 Å². The van der Waals surface area contributed by atoms with Gasteiger partial charge in [-0.05, 0) is 57.9 Å². The molecule has 6 heteroatoms. The van der Waals surface area contributed by atoms with Gasteiger partial charge in [0.15, 0.2) is 0 Å². The molecule has 5 nitrogen and oxygen atoms in total. The van der Waals surface area contributed by atoms with Gasteiger partial charge in [0, 0.05) is 20.1 Å². The van der Waals surface area contributed by atoms with E-state index in [0.717, 1.165) is 25.7 Å². The summed E-state index contributed by atoms with van der Waals surface area (Å²) in [5.74, 6) is 0.596. The molecule has 1 aliphatic rings. The van der Waals surface area contributed by atoms with E-state index in [0.29, 0.717) is 35.3 Å². The van der Waals surface area contributed by atoms with E-state index in [9.17, 15) is 8.42 Å². The minimum absolute atomic E-state index is 0.387. The Kier molecular flexibility index (Phi) is 5.53. The molecule has 0 N–H and O–H groups in total. The zero-order chi connectivity index (χ0) is 18.9. The van der Waals surface area contributed by atoms with Crippen molar-refractivity contribution in [3.63, 3.8) is 0 Å². The van der Waals surface area contributed by atoms with Crippen LogP contribution in [0.4, 0.5) is 0 Å². The highest BCUT2D eigenvalue weighted by atomic mass is 32.2. The zero-order valence-corrected chi connectivity index (χ0v) is 17.0. The minimum Gasteiger partial charge on any atom is -0.271 e. The number of piperidine rings is 1. The fourth-order valence-corrected chi connectivity index (χ4v) is 5.69. The predicted octanol–water partition coefficient (Wildman–Crippen LogP) is 3.38. The number of aromatic nitrogens is 2. The van der Waals surface area contributed by atoms with Gasteiger partial charge in [0.1, 0.15) is 4.90 Å². The van der Waals surface area contributed by atoms with Crippen LogP contribution in [0, 0.1) is 26.7 Å². The first-order valence-corrected chi connectivity index (χ1v) is 10.8. The SMILES string of the molecule is Cc1ccc(CCC2CCN(S(=O)(=O)c3c(C)nn(C)c3C)CC2)cc1. The van der Waals surface area contributed by atoms with Gasteiger partial charge in [-0.3, -0.25) is 4.68 Å². The Morgan fingerprint density at radius 1 is 1.08 bits per heavy atom. The first-order chi connectivity index (χ1) is 12.3. The first-order valence-electron chi connectivity index (χ1n) is 9.35. The number of hydrogen-bond donors (Lipinski definition) is 0. The molecule has 0 unspecified atom stereocenters. The average molecular weight is 376 g/mol. The van der Waals surface area contributed by atoms with E-state index in [1.807, 2.05) is 6.92 Å². The standard InChI is InChI=1S/C20H29N3O2S/c1-15-5-7-18(8-6-15)9-10-19-11-13-23(14-12-19)26(24,25)20-16(2)21-22(4)17(20)3/h5-8,19H,9-14H2,1-4H3. The van der Waals surface area contributed by atoms with Crippen molar-refractivity contribution in [1.82, 2.24) is 14.1 Å². The summed E-state index contributed by atoms with van der Waals surface area (Å²) < 4.78 is 29.4. The maximum Gasteiger partial charge on any atom is 0.246 e. The lowest BCUT2D eigenvalue weighted by Crippen LogP contribution is -2.39. The van der Waals surface area contributed by atoms with Crippen LogP contribution in [0.1, 0.15) is 41.8 Å². The van der Waals surface area contributed by atoms with Crippen LogP contribution in [0.25, 0.3) is 0 Å². The molecule has 142 valence electrons. The van der Waals surface area contributed by atoms with Gasteiger partial charge < -0.3 is 0 Å². The van der Waals surface area contributed by atoms with Gasteiger partial charge in [0.25, 0.3) is 0 Å². The van der Waals surface area contributed by atoms with Crippen LogP contribution >= 0.6 is 0 Å². The van der Waals surface area contributed by atoms with E-state index in [4.69, 9.17) is 0 Å². The molecule has 2 heterocycles. The number of nitrogens with zero attached hydrogens (tertiary/aromatic N) is 3. The van der Waals surface area contributed by atoms with Crippen molar-refractivity contribution in [2.24, 2.45) is 13.0 Å². The van der Waals surface area contributed by atoms with E-state index < -0.39 is 10.0 Å². The van der Waals surface area contributed by atoms with Gasteiger partial charge in [-0.15, -0.1) is 0 Å². The molecule has 2 aromatic rings. The monoisotopic (exact) mass is 375 g/mol. The van der Waals surface area contributed by atoms with Crippen molar-refractivity contribution < 1.29 is 8.42 Å². The third-order valence-corrected chi connectivity index (χ3v) is 7.73. The Hall–Kier alpha value is -1.66. The molecular formula is C20H29N3O2S. The molecule has 0 saturated carbocycles. The molecule has 1 fully saturated rings. The Bertz CT molecular complexity index is 861. The number of sulfonamides is 1. The molecule has 0 bridgehead atoms. The van der Waals surface area contributed by atoms with Crippen molar-refractivity contribution in [3.05, 3.63) is 46.8 Å². The van der Waals surface area contributed by atoms with Gasteiger partial charge in [0.05, 0.1) is 11.4 Å². The minimum atomic E-state index is -3.45. The van der Waals surface area contributed by atoms with Gasteiger partial charge in [-0.2, -0.15) is 9.40 Å². The van der Waals surface area contributed by atoms with Crippen molar-refractivity contribution >= 4 is 10.0 Å². The fraction of sp³-hybridized carbons (Fsp3) is 0.550. The zero-order valence-electron chi connectivity index (χ0n) is 16.2. The largest absolute Gasteiger partial charge is 0.271 e. The lowest BCUT2D eigenvalue weighted by Gasteiger charge is -2.31. The van der Waals surface area contributed by atoms with Crippen LogP contribution in [-0.2, 0) is 23.5 Å². The van der Waals surface area contributed by atoms with E-state index in [2.05, 4.69) is 36.3 Å². The molecule has 0 aliphatic carbocycles. The molecule has 0 atom stereocenters. The van der Waals surface area contributed by atoms with E-state index in [1.54, 1.807) is 23.0 Å². The van der Waals surface area contributed by atoms with Crippen LogP contribution in [0.5, 0.6) is 0 Å². The van der Waals surface area contributed by atoms with E-state index in [-0.39, 0.29) is 0 Å². The number of hydrogen-bond acceptors (Lipinski definition) is 3. The Morgan fingerprint density at radius 3 is 2.23 bits per heavy atom. The van der Waals surface area contributed by atoms with Crippen molar-refractivity contribution in [3.8, 4) is 0 Å². The van der Waals surface area contributed by atoms with Gasteiger partial charge in [0.2, 0.25) is 10.0 Å². The van der Waals surface area contributed by atoms with Crippen LogP contribution in [-0.4, -0.2) is 35.6 Å². The molecular weight excluding hydrogens is 346 g/mol. The second-order valence-electron chi connectivity index (χ2n) is 7.50. The molecule has 1 aliphatic heterocycles. The maximum absolute atomic E-state index is 13.0. The summed E-state index contributed by atoms with van der Waals surface area (Å²) in [6.45, 7) is 6.91. The quantitative estimate of drug-likeness (QED) is 0.805. The summed E-state index contributed by atoms with van der Waals surface area (Å²) in [6, 6.07) is 8.71. The summed E-state index contributed by atoms with van der Waals surface area (Å²) in [4.78, 5) is 0.387. The number of rotatable bonds is 5. The van der Waals surface area contributed by atoms with Gasteiger partial charge >= 0.3 is 0 Å². The topological polar surface area (TPSA) is 55.2 Å². The summed E-state index contributed by atoms with van der Waals surface area (Å²) in [7, 11) is -1.66. The second-order valence-corrected chi connectivity index (χ2v) is 9.37. The van der Waals surface area contributed by atoms with Crippen molar-refractivity contribution in [2.45, 2.75) is 51.3 Å². The second kappa shape index (κ2) is 7.53. The summed E-state index contributed by atoms with van der Waals surface area (Å²) in [6.07, 6.45) is 4.06. The summed E-state index contributed by atoms with van der Waals surface area (Å²) in [5.41, 5.74) is 3.95. The molecule has 0 radical (unpaired) electrons. The average Bonchev–Trinajstić information content (AvgIpc) is 2.87. The Balaban J connectivity index is 1.60. The highest BCUT2D eigenvalue weighted by Crippen LogP contribution is 2.29. The molecule has 1 aromatic heterocycles. The first kappa shape index (κ1) is 19.1. The fourth-order valence-electron chi connectivity index (χ4n) is 3.82. The van der Waals surface area contributed by atoms with Crippen molar-refractivity contribution in [1.29, 1.82) is 0 Å². The Morgan fingerprint density at radius 2 is 1.69 bits per heavy atom. The highest BCUT2D eigenvalue weighted by molar-refractivity contribution is 7.89. The van der Waals surface area contributed by atoms with E-state index in [1.165, 1.54) is 11.1 Å². The molecule has 0 amide bonds. The maximum atomic E-state index is 13.0. The molecule has 3 rings (SSSR count). The molecule has 26 heavy (non-hydrogen) atoms. The number of benzene rings is 1. The third-order valence-electron chi connectivity index (χ3n) is 5.58. The lowest BCUT2D eigenvalue weighted by molar-refractivity contribution is 0.263. The van der Waals surface area contributed by atoms with Crippen LogP contribution in [0.15, 0.2) is 29.2 Å². The molecule has 1 saturated heterocycles. The summed E-state index contributed by atoms with van der Waals surface area (Å²) in [5, 5.41) is 4.27.